The Balaban J connectivity index is 3.85. The second-order valence-corrected chi connectivity index (χ2v) is 8.16. The Morgan fingerprint density at radius 3 is 1.67 bits per heavy atom. The minimum atomic E-state index is -0.843. The van der Waals surface area contributed by atoms with Crippen LogP contribution in [0.2, 0.25) is 0 Å². The lowest BCUT2D eigenvalue weighted by Gasteiger charge is -2.16. The summed E-state index contributed by atoms with van der Waals surface area (Å²) in [6, 6.07) is 0. The summed E-state index contributed by atoms with van der Waals surface area (Å²) in [5.41, 5.74) is 0. The van der Waals surface area contributed by atoms with E-state index in [1.165, 1.54) is 90.6 Å². The zero-order valence-corrected chi connectivity index (χ0v) is 20.9. The molecule has 0 aliphatic rings. The van der Waals surface area contributed by atoms with Gasteiger partial charge in [-0.05, 0) is 12.8 Å². The Hall–Kier alpha value is -2.37. The summed E-state index contributed by atoms with van der Waals surface area (Å²) >= 11 is 0. The molecule has 0 aliphatic heterocycles. The van der Waals surface area contributed by atoms with Gasteiger partial charge in [0.1, 0.15) is 13.2 Å². The second kappa shape index (κ2) is 22.8. The van der Waals surface area contributed by atoms with E-state index in [-0.39, 0.29) is 13.2 Å². The number of esters is 3. The fraction of sp³-hybridized carbons (Fsp3) is 0.667. The molecule has 0 fully saturated rings. The minimum Gasteiger partial charge on any atom is -0.462 e. The van der Waals surface area contributed by atoms with Gasteiger partial charge in [-0.15, -0.1) is 0 Å². The van der Waals surface area contributed by atoms with Crippen LogP contribution in [0.25, 0.3) is 0 Å². The summed E-state index contributed by atoms with van der Waals surface area (Å²) in [4.78, 5) is 33.7. The van der Waals surface area contributed by atoms with Gasteiger partial charge in [0.15, 0.2) is 6.10 Å². The molecule has 0 N–H and O–H groups in total. The van der Waals surface area contributed by atoms with Crippen LogP contribution >= 0.6 is 0 Å². The quantitative estimate of drug-likeness (QED) is 0.0682. The van der Waals surface area contributed by atoms with E-state index in [4.69, 9.17) is 14.2 Å². The highest BCUT2D eigenvalue weighted by atomic mass is 16.6. The third kappa shape index (κ3) is 24.1. The van der Waals surface area contributed by atoms with Gasteiger partial charge in [0.2, 0.25) is 0 Å². The molecule has 0 saturated heterocycles. The van der Waals surface area contributed by atoms with E-state index >= 15 is 0 Å². The summed E-state index contributed by atoms with van der Waals surface area (Å²) in [6.07, 6.45) is 25.5. The summed E-state index contributed by atoms with van der Waals surface area (Å²) in [7, 11) is 0. The molecule has 0 unspecified atom stereocenters. The van der Waals surface area contributed by atoms with Gasteiger partial charge in [0.25, 0.3) is 0 Å². The van der Waals surface area contributed by atoms with Crippen molar-refractivity contribution in [2.24, 2.45) is 0 Å². The Morgan fingerprint density at radius 2 is 1.15 bits per heavy atom. The van der Waals surface area contributed by atoms with E-state index in [1.54, 1.807) is 12.2 Å². The van der Waals surface area contributed by atoms with Crippen LogP contribution in [-0.2, 0) is 28.6 Å². The van der Waals surface area contributed by atoms with Gasteiger partial charge < -0.3 is 14.2 Å². The maximum absolute atomic E-state index is 11.9. The van der Waals surface area contributed by atoms with Gasteiger partial charge >= 0.3 is 17.9 Å². The number of hydrogen-bond donors (Lipinski definition) is 0. The maximum Gasteiger partial charge on any atom is 0.331 e. The van der Waals surface area contributed by atoms with E-state index in [1.807, 2.05) is 12.2 Å². The molecule has 0 saturated carbocycles. The molecule has 6 heteroatoms. The zero-order chi connectivity index (χ0) is 24.6. The molecule has 0 aromatic heterocycles. The van der Waals surface area contributed by atoms with Crippen LogP contribution < -0.4 is 0 Å². The molecular formula is C27H44O6. The number of ether oxygens (including phenoxy) is 3. The van der Waals surface area contributed by atoms with Gasteiger partial charge in [-0.2, -0.15) is 0 Å². The third-order valence-electron chi connectivity index (χ3n) is 4.90. The Morgan fingerprint density at radius 1 is 0.667 bits per heavy atom. The average molecular weight is 465 g/mol. The van der Waals surface area contributed by atoms with Crippen molar-refractivity contribution in [1.29, 1.82) is 0 Å². The number of rotatable bonds is 20. The van der Waals surface area contributed by atoms with Crippen LogP contribution in [-0.4, -0.2) is 37.2 Å². The van der Waals surface area contributed by atoms with Crippen molar-refractivity contribution in [3.05, 3.63) is 36.5 Å². The third-order valence-corrected chi connectivity index (χ3v) is 4.90. The lowest BCUT2D eigenvalue weighted by molar-refractivity contribution is -0.162. The first-order chi connectivity index (χ1) is 16.0. The van der Waals surface area contributed by atoms with E-state index in [2.05, 4.69) is 13.0 Å². The van der Waals surface area contributed by atoms with Gasteiger partial charge in [0.05, 0.1) is 0 Å². The van der Waals surface area contributed by atoms with E-state index in [0.717, 1.165) is 6.42 Å². The Kier molecular flexibility index (Phi) is 21.2. The maximum atomic E-state index is 11.9. The number of carbonyl (C=O) groups is 3. The average Bonchev–Trinajstić information content (AvgIpc) is 2.77. The smallest absolute Gasteiger partial charge is 0.331 e. The Labute approximate surface area is 200 Å². The lowest BCUT2D eigenvalue weighted by Crippen LogP contribution is -2.29. The molecule has 0 aromatic carbocycles. The van der Waals surface area contributed by atoms with Gasteiger partial charge in [-0.25, -0.2) is 4.79 Å². The molecule has 0 spiro atoms. The molecule has 0 amide bonds. The highest BCUT2D eigenvalue weighted by Crippen LogP contribution is 2.12. The van der Waals surface area contributed by atoms with Crippen molar-refractivity contribution in [2.45, 2.75) is 104 Å². The van der Waals surface area contributed by atoms with Crippen LogP contribution in [0, 0.1) is 0 Å². The molecule has 33 heavy (non-hydrogen) atoms. The number of carbonyl (C=O) groups excluding carboxylic acids is 3. The summed E-state index contributed by atoms with van der Waals surface area (Å²) in [5.74, 6) is -1.61. The molecule has 0 rings (SSSR count). The fourth-order valence-corrected chi connectivity index (χ4v) is 3.10. The van der Waals surface area contributed by atoms with Crippen molar-refractivity contribution >= 4 is 17.9 Å². The number of allylic oxidation sites excluding steroid dienone is 5. The minimum absolute atomic E-state index is 0.167. The van der Waals surface area contributed by atoms with Crippen molar-refractivity contribution in [3.63, 3.8) is 0 Å². The highest BCUT2D eigenvalue weighted by Gasteiger charge is 2.16. The van der Waals surface area contributed by atoms with E-state index in [0.29, 0.717) is 0 Å². The lowest BCUT2D eigenvalue weighted by atomic mass is 10.1. The van der Waals surface area contributed by atoms with Crippen LogP contribution in [0.5, 0.6) is 0 Å². The SMILES string of the molecule is CCCCCCCCCCCCCC=CC=CC=CC(=O)OC(COC(C)=O)COC(C)=O. The van der Waals surface area contributed by atoms with Crippen molar-refractivity contribution in [3.8, 4) is 0 Å². The van der Waals surface area contributed by atoms with E-state index < -0.39 is 24.0 Å². The standard InChI is InChI=1S/C27H44O6/c1-4-5-6-7-8-9-10-11-12-13-14-15-16-17-18-19-20-21-27(30)33-26(22-31-24(2)28)23-32-25(3)29/h16-21,26H,4-15,22-23H2,1-3H3. The first-order valence-corrected chi connectivity index (χ1v) is 12.4. The van der Waals surface area contributed by atoms with Gasteiger partial charge in [-0.3, -0.25) is 9.59 Å². The van der Waals surface area contributed by atoms with Gasteiger partial charge in [-0.1, -0.05) is 102 Å². The molecule has 0 radical (unpaired) electrons. The normalized spacial score (nSPS) is 11.6. The largest absolute Gasteiger partial charge is 0.462 e. The molecule has 0 bridgehead atoms. The molecule has 0 heterocycles. The predicted molar refractivity (Wildman–Crippen MR) is 132 cm³/mol. The molecule has 188 valence electrons. The van der Waals surface area contributed by atoms with Crippen LogP contribution in [0.4, 0.5) is 0 Å². The second-order valence-electron chi connectivity index (χ2n) is 8.16. The first kappa shape index (κ1) is 30.6. The summed E-state index contributed by atoms with van der Waals surface area (Å²) < 4.78 is 14.8. The zero-order valence-electron chi connectivity index (χ0n) is 20.9. The molecule has 0 atom stereocenters. The van der Waals surface area contributed by atoms with Crippen LogP contribution in [0.3, 0.4) is 0 Å². The Bertz CT molecular complexity index is 588. The van der Waals surface area contributed by atoms with Gasteiger partial charge in [0, 0.05) is 19.9 Å². The molecule has 0 aliphatic carbocycles. The number of unbranched alkanes of at least 4 members (excludes halogenated alkanes) is 11. The summed E-state index contributed by atoms with van der Waals surface area (Å²) in [5, 5.41) is 0. The monoisotopic (exact) mass is 464 g/mol. The fourth-order valence-electron chi connectivity index (χ4n) is 3.10. The first-order valence-electron chi connectivity index (χ1n) is 12.4. The predicted octanol–water partition coefficient (Wildman–Crippen LogP) is 6.39. The highest BCUT2D eigenvalue weighted by molar-refractivity contribution is 5.82. The topological polar surface area (TPSA) is 78.9 Å². The molecule has 6 nitrogen and oxygen atoms in total. The van der Waals surface area contributed by atoms with Crippen molar-refractivity contribution < 1.29 is 28.6 Å². The number of hydrogen-bond acceptors (Lipinski definition) is 6. The van der Waals surface area contributed by atoms with Crippen molar-refractivity contribution in [2.75, 3.05) is 13.2 Å². The summed E-state index contributed by atoms with van der Waals surface area (Å²) in [6.45, 7) is 4.42. The van der Waals surface area contributed by atoms with E-state index in [9.17, 15) is 14.4 Å². The van der Waals surface area contributed by atoms with Crippen LogP contribution in [0.15, 0.2) is 36.5 Å². The molecular weight excluding hydrogens is 420 g/mol. The molecule has 0 aromatic rings. The van der Waals surface area contributed by atoms with Crippen molar-refractivity contribution in [1.82, 2.24) is 0 Å². The van der Waals surface area contributed by atoms with Crippen LogP contribution in [0.1, 0.15) is 97.8 Å².